The van der Waals surface area contributed by atoms with Crippen molar-refractivity contribution in [3.63, 3.8) is 0 Å². The maximum Gasteiger partial charge on any atom is 0.309 e. The van der Waals surface area contributed by atoms with Crippen LogP contribution in [0.3, 0.4) is 0 Å². The quantitative estimate of drug-likeness (QED) is 0.0288. The zero-order valence-corrected chi connectivity index (χ0v) is 33.2. The first kappa shape index (κ1) is 48.5. The molecule has 0 radical (unpaired) electrons. The van der Waals surface area contributed by atoms with Crippen molar-refractivity contribution in [3.05, 3.63) is 85.1 Å². The van der Waals surface area contributed by atoms with E-state index in [1.807, 2.05) is 12.2 Å². The number of rotatable bonds is 33. The molecule has 0 aromatic heterocycles. The number of ether oxygens (including phenoxy) is 3. The normalized spacial score (nSPS) is 13.9. The minimum atomic E-state index is -1.14. The first-order valence-corrected chi connectivity index (χ1v) is 19.6. The van der Waals surface area contributed by atoms with Crippen molar-refractivity contribution in [2.24, 2.45) is 0 Å². The van der Waals surface area contributed by atoms with Gasteiger partial charge in [-0.25, -0.2) is 0 Å². The highest BCUT2D eigenvalue weighted by Crippen LogP contribution is 2.12. The first-order valence-electron chi connectivity index (χ1n) is 19.6. The fourth-order valence-electron chi connectivity index (χ4n) is 5.06. The van der Waals surface area contributed by atoms with Crippen LogP contribution in [0.5, 0.6) is 0 Å². The first-order chi connectivity index (χ1) is 25.1. The summed E-state index contributed by atoms with van der Waals surface area (Å²) in [6, 6.07) is -0.743. The van der Waals surface area contributed by atoms with E-state index in [0.717, 1.165) is 77.0 Å². The van der Waals surface area contributed by atoms with Crippen molar-refractivity contribution in [1.82, 2.24) is 0 Å². The van der Waals surface area contributed by atoms with E-state index in [2.05, 4.69) is 80.7 Å². The third kappa shape index (κ3) is 32.4. The van der Waals surface area contributed by atoms with Gasteiger partial charge in [0.1, 0.15) is 12.6 Å². The largest absolute Gasteiger partial charge is 0.544 e. The van der Waals surface area contributed by atoms with Gasteiger partial charge in [-0.15, -0.1) is 0 Å². The smallest absolute Gasteiger partial charge is 0.309 e. The molecule has 0 aromatic carbocycles. The molecule has 294 valence electrons. The van der Waals surface area contributed by atoms with Gasteiger partial charge in [0, 0.05) is 12.8 Å². The molecule has 0 amide bonds. The molecule has 52 heavy (non-hydrogen) atoms. The van der Waals surface area contributed by atoms with Gasteiger partial charge in [-0.1, -0.05) is 125 Å². The highest BCUT2D eigenvalue weighted by molar-refractivity contribution is 5.71. The van der Waals surface area contributed by atoms with E-state index < -0.39 is 24.1 Å². The highest BCUT2D eigenvalue weighted by Gasteiger charge is 2.25. The SMILES string of the molecule is CC/C=C/C/C=C/C/C=C/C/C=C/CCCCCCCCC(=O)OC(COCCC(C(=O)[O-])[N+](C)(C)C)COC(=O)C/C=C/C/C=C/C/C=C/CC. The maximum atomic E-state index is 12.7. The molecule has 8 heteroatoms. The summed E-state index contributed by atoms with van der Waals surface area (Å²) in [5, 5.41) is 11.6. The summed E-state index contributed by atoms with van der Waals surface area (Å²) in [6.07, 6.45) is 43.6. The molecule has 0 bridgehead atoms. The summed E-state index contributed by atoms with van der Waals surface area (Å²) >= 11 is 0. The van der Waals surface area contributed by atoms with E-state index in [-0.39, 0.29) is 49.5 Å². The Hall–Kier alpha value is -3.49. The number of likely N-dealkylation sites (N-methyl/N-ethyl adjacent to an activating group) is 1. The third-order valence-electron chi connectivity index (χ3n) is 8.06. The Morgan fingerprint density at radius 2 is 1.08 bits per heavy atom. The minimum absolute atomic E-state index is 0.00230. The zero-order valence-electron chi connectivity index (χ0n) is 33.2. The van der Waals surface area contributed by atoms with Crippen LogP contribution < -0.4 is 5.11 Å². The van der Waals surface area contributed by atoms with Gasteiger partial charge in [-0.05, 0) is 64.2 Å². The summed E-state index contributed by atoms with van der Waals surface area (Å²) in [6.45, 7) is 4.27. The molecule has 0 N–H and O–H groups in total. The van der Waals surface area contributed by atoms with Gasteiger partial charge in [-0.2, -0.15) is 0 Å². The van der Waals surface area contributed by atoms with Crippen LogP contribution in [0.4, 0.5) is 0 Å². The van der Waals surface area contributed by atoms with E-state index in [1.165, 1.54) is 12.8 Å². The predicted octanol–water partition coefficient (Wildman–Crippen LogP) is 8.85. The van der Waals surface area contributed by atoms with E-state index in [4.69, 9.17) is 14.2 Å². The van der Waals surface area contributed by atoms with Gasteiger partial charge in [0.25, 0.3) is 0 Å². The van der Waals surface area contributed by atoms with Gasteiger partial charge in [0.15, 0.2) is 6.10 Å². The Morgan fingerprint density at radius 1 is 0.596 bits per heavy atom. The minimum Gasteiger partial charge on any atom is -0.544 e. The second kappa shape index (κ2) is 34.6. The van der Waals surface area contributed by atoms with Crippen LogP contribution in [0.2, 0.25) is 0 Å². The van der Waals surface area contributed by atoms with Gasteiger partial charge >= 0.3 is 11.9 Å². The van der Waals surface area contributed by atoms with Crippen molar-refractivity contribution in [1.29, 1.82) is 0 Å². The molecular weight excluding hydrogens is 654 g/mol. The van der Waals surface area contributed by atoms with Crippen LogP contribution in [0.15, 0.2) is 85.1 Å². The lowest BCUT2D eigenvalue weighted by Crippen LogP contribution is -2.55. The summed E-state index contributed by atoms with van der Waals surface area (Å²) in [5.74, 6) is -1.92. The molecule has 2 atom stereocenters. The van der Waals surface area contributed by atoms with Gasteiger partial charge < -0.3 is 28.6 Å². The van der Waals surface area contributed by atoms with Gasteiger partial charge in [0.2, 0.25) is 0 Å². The second-order valence-corrected chi connectivity index (χ2v) is 13.8. The number of esters is 2. The second-order valence-electron chi connectivity index (χ2n) is 13.8. The lowest BCUT2D eigenvalue weighted by molar-refractivity contribution is -0.889. The van der Waals surface area contributed by atoms with Crippen molar-refractivity contribution >= 4 is 17.9 Å². The average molecular weight is 726 g/mol. The van der Waals surface area contributed by atoms with E-state index in [9.17, 15) is 19.5 Å². The molecule has 0 saturated heterocycles. The number of unbranched alkanes of at least 4 members (excludes halogenated alkanes) is 6. The molecule has 0 aliphatic carbocycles. The number of hydrogen-bond donors (Lipinski definition) is 0. The Morgan fingerprint density at radius 3 is 1.60 bits per heavy atom. The van der Waals surface area contributed by atoms with Crippen LogP contribution in [0, 0.1) is 0 Å². The molecular formula is C44H71NO7. The Kier molecular flexibility index (Phi) is 32.3. The molecule has 0 spiro atoms. The fraction of sp³-hybridized carbons (Fsp3) is 0.614. The Bertz CT molecular complexity index is 1120. The van der Waals surface area contributed by atoms with Crippen molar-refractivity contribution < 1.29 is 38.2 Å². The molecule has 0 heterocycles. The third-order valence-corrected chi connectivity index (χ3v) is 8.06. The van der Waals surface area contributed by atoms with Crippen molar-refractivity contribution in [3.8, 4) is 0 Å². The number of nitrogens with zero attached hydrogens (tertiary/aromatic N) is 1. The Balaban J connectivity index is 4.46. The Labute approximate surface area is 316 Å². The number of carboxylic acid groups (broad SMARTS) is 1. The zero-order chi connectivity index (χ0) is 38.5. The fourth-order valence-corrected chi connectivity index (χ4v) is 5.06. The van der Waals surface area contributed by atoms with Crippen molar-refractivity contribution in [2.45, 2.75) is 135 Å². The molecule has 0 saturated carbocycles. The topological polar surface area (TPSA) is 102 Å². The summed E-state index contributed by atoms with van der Waals surface area (Å²) in [4.78, 5) is 36.6. The number of carbonyl (C=O) groups excluding carboxylic acids is 3. The number of carboxylic acids is 1. The monoisotopic (exact) mass is 726 g/mol. The number of aliphatic carboxylic acids is 1. The van der Waals surface area contributed by atoms with Crippen molar-refractivity contribution in [2.75, 3.05) is 41.0 Å². The average Bonchev–Trinajstić information content (AvgIpc) is 3.09. The van der Waals surface area contributed by atoms with E-state index >= 15 is 0 Å². The molecule has 8 nitrogen and oxygen atoms in total. The summed E-state index contributed by atoms with van der Waals surface area (Å²) in [7, 11) is 5.35. The number of hydrogen-bond acceptors (Lipinski definition) is 7. The van der Waals surface area contributed by atoms with Crippen LogP contribution in [0.1, 0.15) is 123 Å². The standard InChI is InChI=1S/C44H71NO7/c1-6-8-10-12-14-16-17-18-19-20-21-22-23-24-25-27-29-31-33-35-43(47)52-40(38-50-37-36-41(44(48)49)45(3,4)5)39-51-42(46)34-32-30-28-26-15-13-11-9-7-2/h8-11,14-16,18-19,21-22,26,30,32,40-41H,6-7,12-13,17,20,23-25,27-29,31,33-39H2,1-5H3/b10-8+,11-9+,16-14+,19-18+,22-21+,26-15+,32-30+. The van der Waals surface area contributed by atoms with Gasteiger partial charge in [0.05, 0.1) is 46.7 Å². The number of quaternary nitrogens is 1. The predicted molar refractivity (Wildman–Crippen MR) is 212 cm³/mol. The van der Waals surface area contributed by atoms with Gasteiger partial charge in [-0.3, -0.25) is 9.59 Å². The molecule has 0 aliphatic heterocycles. The van der Waals surface area contributed by atoms with E-state index in [1.54, 1.807) is 27.2 Å². The van der Waals surface area contributed by atoms with Crippen LogP contribution in [-0.4, -0.2) is 75.5 Å². The van der Waals surface area contributed by atoms with Crippen LogP contribution in [0.25, 0.3) is 0 Å². The van der Waals surface area contributed by atoms with Crippen LogP contribution >= 0.6 is 0 Å². The molecule has 0 aliphatic rings. The number of carbonyl (C=O) groups is 3. The van der Waals surface area contributed by atoms with Crippen LogP contribution in [-0.2, 0) is 28.6 Å². The lowest BCUT2D eigenvalue weighted by Gasteiger charge is -2.34. The molecule has 0 aromatic rings. The maximum absolute atomic E-state index is 12.7. The summed E-state index contributed by atoms with van der Waals surface area (Å²) in [5.41, 5.74) is 0. The highest BCUT2D eigenvalue weighted by atomic mass is 16.6. The lowest BCUT2D eigenvalue weighted by atomic mass is 10.1. The molecule has 2 unspecified atom stereocenters. The van der Waals surface area contributed by atoms with E-state index in [0.29, 0.717) is 0 Å². The molecule has 0 rings (SSSR count). The molecule has 0 fully saturated rings. The number of allylic oxidation sites excluding steroid dienone is 13. The summed E-state index contributed by atoms with van der Waals surface area (Å²) < 4.78 is 16.9.